The minimum Gasteiger partial charge on any atom is -0.350 e. The highest BCUT2D eigenvalue weighted by atomic mass is 35.5. The Kier molecular flexibility index (Phi) is 5.63. The Morgan fingerprint density at radius 1 is 1.15 bits per heavy atom. The smallest absolute Gasteiger partial charge is 0.247 e. The number of carbonyl (C=O) groups excluding carboxylic acids is 1. The zero-order valence-corrected chi connectivity index (χ0v) is 15.4. The zero-order chi connectivity index (χ0) is 18.5. The Labute approximate surface area is 157 Å². The van der Waals surface area contributed by atoms with Crippen molar-refractivity contribution >= 4 is 17.5 Å². The van der Waals surface area contributed by atoms with Gasteiger partial charge in [-0.25, -0.2) is 0 Å². The summed E-state index contributed by atoms with van der Waals surface area (Å²) in [7, 11) is 0. The molecule has 26 heavy (non-hydrogen) atoms. The van der Waals surface area contributed by atoms with Crippen molar-refractivity contribution < 1.29 is 4.79 Å². The number of amides is 1. The molecule has 1 aromatic heterocycles. The maximum Gasteiger partial charge on any atom is 0.247 e. The molecule has 1 heterocycles. The molecule has 0 aliphatic heterocycles. The van der Waals surface area contributed by atoms with Crippen LogP contribution in [0.3, 0.4) is 0 Å². The number of tetrazole rings is 1. The SMILES string of the molecule is CC(C)C(C(=O)NCc1cccc(Cl)c1)n1nnc(-c2ccccc2)n1. The molecule has 0 radical (unpaired) electrons. The van der Waals surface area contributed by atoms with E-state index in [1.165, 1.54) is 4.80 Å². The van der Waals surface area contributed by atoms with Crippen molar-refractivity contribution in [2.24, 2.45) is 5.92 Å². The summed E-state index contributed by atoms with van der Waals surface area (Å²) in [6.07, 6.45) is 0. The van der Waals surface area contributed by atoms with Crippen LogP contribution in [0.1, 0.15) is 25.5 Å². The van der Waals surface area contributed by atoms with Crippen LogP contribution in [0.4, 0.5) is 0 Å². The lowest BCUT2D eigenvalue weighted by molar-refractivity contribution is -0.126. The summed E-state index contributed by atoms with van der Waals surface area (Å²) in [5.74, 6) is 0.350. The van der Waals surface area contributed by atoms with Crippen LogP contribution in [0.5, 0.6) is 0 Å². The average Bonchev–Trinajstić information content (AvgIpc) is 3.10. The van der Waals surface area contributed by atoms with Gasteiger partial charge in [0.2, 0.25) is 11.7 Å². The molecule has 3 aromatic rings. The summed E-state index contributed by atoms with van der Waals surface area (Å²) in [5.41, 5.74) is 1.80. The summed E-state index contributed by atoms with van der Waals surface area (Å²) >= 11 is 5.98. The first-order valence-electron chi connectivity index (χ1n) is 8.41. The van der Waals surface area contributed by atoms with Crippen molar-refractivity contribution in [2.45, 2.75) is 26.4 Å². The fraction of sp³-hybridized carbons (Fsp3) is 0.263. The first-order valence-corrected chi connectivity index (χ1v) is 8.79. The van der Waals surface area contributed by atoms with E-state index in [4.69, 9.17) is 11.6 Å². The molecule has 134 valence electrons. The van der Waals surface area contributed by atoms with Gasteiger partial charge >= 0.3 is 0 Å². The van der Waals surface area contributed by atoms with E-state index in [9.17, 15) is 4.79 Å². The molecule has 6 nitrogen and oxygen atoms in total. The van der Waals surface area contributed by atoms with E-state index in [0.29, 0.717) is 17.4 Å². The monoisotopic (exact) mass is 369 g/mol. The van der Waals surface area contributed by atoms with Gasteiger partial charge in [0.25, 0.3) is 0 Å². The molecule has 0 aliphatic rings. The molecule has 3 rings (SSSR count). The van der Waals surface area contributed by atoms with Crippen molar-refractivity contribution in [1.82, 2.24) is 25.5 Å². The fourth-order valence-corrected chi connectivity index (χ4v) is 2.87. The van der Waals surface area contributed by atoms with Gasteiger partial charge < -0.3 is 5.32 Å². The first kappa shape index (κ1) is 18.1. The first-order chi connectivity index (χ1) is 12.5. The lowest BCUT2D eigenvalue weighted by Crippen LogP contribution is -2.36. The van der Waals surface area contributed by atoms with Crippen molar-refractivity contribution in [2.75, 3.05) is 0 Å². The predicted molar refractivity (Wildman–Crippen MR) is 100 cm³/mol. The molecule has 1 atom stereocenters. The zero-order valence-electron chi connectivity index (χ0n) is 14.6. The third kappa shape index (κ3) is 4.26. The lowest BCUT2D eigenvalue weighted by atomic mass is 10.0. The molecule has 1 N–H and O–H groups in total. The van der Waals surface area contributed by atoms with E-state index in [1.807, 2.05) is 62.4 Å². The molecule has 7 heteroatoms. The highest BCUT2D eigenvalue weighted by Gasteiger charge is 2.27. The topological polar surface area (TPSA) is 72.7 Å². The van der Waals surface area contributed by atoms with Crippen LogP contribution >= 0.6 is 11.6 Å². The van der Waals surface area contributed by atoms with Gasteiger partial charge in [0, 0.05) is 17.1 Å². The van der Waals surface area contributed by atoms with Crippen LogP contribution in [0.15, 0.2) is 54.6 Å². The molecular weight excluding hydrogens is 350 g/mol. The van der Waals surface area contributed by atoms with E-state index in [1.54, 1.807) is 6.07 Å². The highest BCUT2D eigenvalue weighted by Crippen LogP contribution is 2.19. The number of hydrogen-bond acceptors (Lipinski definition) is 4. The number of hydrogen-bond donors (Lipinski definition) is 1. The van der Waals surface area contributed by atoms with Gasteiger partial charge in [-0.05, 0) is 28.8 Å². The second-order valence-corrected chi connectivity index (χ2v) is 6.77. The summed E-state index contributed by atoms with van der Waals surface area (Å²) in [6, 6.07) is 16.4. The second kappa shape index (κ2) is 8.10. The molecule has 0 spiro atoms. The molecule has 0 fully saturated rings. The molecule has 0 bridgehead atoms. The summed E-state index contributed by atoms with van der Waals surface area (Å²) in [5, 5.41) is 16.2. The van der Waals surface area contributed by atoms with Gasteiger partial charge in [0.1, 0.15) is 0 Å². The van der Waals surface area contributed by atoms with Crippen LogP contribution in [0.25, 0.3) is 11.4 Å². The number of rotatable bonds is 6. The maximum atomic E-state index is 12.7. The Hall–Kier alpha value is -2.73. The fourth-order valence-electron chi connectivity index (χ4n) is 2.66. The predicted octanol–water partition coefficient (Wildman–Crippen LogP) is 3.51. The quantitative estimate of drug-likeness (QED) is 0.721. The largest absolute Gasteiger partial charge is 0.350 e. The number of carbonyl (C=O) groups is 1. The van der Waals surface area contributed by atoms with E-state index in [2.05, 4.69) is 20.7 Å². The van der Waals surface area contributed by atoms with Crippen LogP contribution in [0, 0.1) is 5.92 Å². The third-order valence-electron chi connectivity index (χ3n) is 3.96. The van der Waals surface area contributed by atoms with Crippen molar-refractivity contribution in [3.05, 3.63) is 65.2 Å². The van der Waals surface area contributed by atoms with Gasteiger partial charge in [0.05, 0.1) is 0 Å². The highest BCUT2D eigenvalue weighted by molar-refractivity contribution is 6.30. The minimum absolute atomic E-state index is 0.00665. The van der Waals surface area contributed by atoms with Crippen LogP contribution in [-0.4, -0.2) is 26.1 Å². The molecule has 0 saturated carbocycles. The molecule has 1 amide bonds. The molecule has 0 aliphatic carbocycles. The third-order valence-corrected chi connectivity index (χ3v) is 4.20. The lowest BCUT2D eigenvalue weighted by Gasteiger charge is -2.18. The number of benzene rings is 2. The summed E-state index contributed by atoms with van der Waals surface area (Å²) in [4.78, 5) is 14.1. The Bertz CT molecular complexity index is 878. The van der Waals surface area contributed by atoms with Gasteiger partial charge in [-0.3, -0.25) is 4.79 Å². The number of halogens is 1. The molecule has 2 aromatic carbocycles. The normalized spacial score (nSPS) is 12.2. The van der Waals surface area contributed by atoms with E-state index < -0.39 is 6.04 Å². The number of aromatic nitrogens is 4. The van der Waals surface area contributed by atoms with Gasteiger partial charge in [-0.1, -0.05) is 67.9 Å². The van der Waals surface area contributed by atoms with Crippen molar-refractivity contribution in [3.8, 4) is 11.4 Å². The maximum absolute atomic E-state index is 12.7. The number of nitrogens with one attached hydrogen (secondary N) is 1. The van der Waals surface area contributed by atoms with Gasteiger partial charge in [-0.2, -0.15) is 4.80 Å². The molecular formula is C19H20ClN5O. The van der Waals surface area contributed by atoms with Crippen LogP contribution in [0.2, 0.25) is 5.02 Å². The second-order valence-electron chi connectivity index (χ2n) is 6.34. The van der Waals surface area contributed by atoms with Crippen molar-refractivity contribution in [1.29, 1.82) is 0 Å². The van der Waals surface area contributed by atoms with E-state index >= 15 is 0 Å². The summed E-state index contributed by atoms with van der Waals surface area (Å²) < 4.78 is 0. The van der Waals surface area contributed by atoms with E-state index in [-0.39, 0.29) is 11.8 Å². The van der Waals surface area contributed by atoms with Gasteiger partial charge in [-0.15, -0.1) is 10.2 Å². The van der Waals surface area contributed by atoms with E-state index in [0.717, 1.165) is 11.1 Å². The number of nitrogens with zero attached hydrogens (tertiary/aromatic N) is 4. The summed E-state index contributed by atoms with van der Waals surface area (Å²) in [6.45, 7) is 4.30. The molecule has 1 unspecified atom stereocenters. The Morgan fingerprint density at radius 2 is 1.92 bits per heavy atom. The van der Waals surface area contributed by atoms with Crippen LogP contribution in [-0.2, 0) is 11.3 Å². The average molecular weight is 370 g/mol. The molecule has 0 saturated heterocycles. The Balaban J connectivity index is 1.74. The van der Waals surface area contributed by atoms with Crippen molar-refractivity contribution in [3.63, 3.8) is 0 Å². The standard InChI is InChI=1S/C19H20ClN5O/c1-13(2)17(19(26)21-12-14-7-6-10-16(20)11-14)25-23-18(22-24-25)15-8-4-3-5-9-15/h3-11,13,17H,12H2,1-2H3,(H,21,26). The Morgan fingerprint density at radius 3 is 2.62 bits per heavy atom. The minimum atomic E-state index is -0.542. The van der Waals surface area contributed by atoms with Gasteiger partial charge in [0.15, 0.2) is 6.04 Å². The van der Waals surface area contributed by atoms with Crippen LogP contribution < -0.4 is 5.32 Å².